The van der Waals surface area contributed by atoms with Crippen LogP contribution in [0.1, 0.15) is 13.3 Å². The summed E-state index contributed by atoms with van der Waals surface area (Å²) in [5.74, 6) is -1.77. The maximum Gasteiger partial charge on any atom is 0.415 e. The van der Waals surface area contributed by atoms with Gasteiger partial charge in [-0.25, -0.2) is 0 Å². The van der Waals surface area contributed by atoms with E-state index in [1.165, 1.54) is 0 Å². The molecule has 1 saturated heterocycles. The van der Waals surface area contributed by atoms with Crippen molar-refractivity contribution in [1.82, 2.24) is 5.32 Å². The first-order valence-corrected chi connectivity index (χ1v) is 6.16. The summed E-state index contributed by atoms with van der Waals surface area (Å²) in [4.78, 5) is 0. The fourth-order valence-electron chi connectivity index (χ4n) is 3.07. The molecule has 112 valence electrons. The van der Waals surface area contributed by atoms with E-state index >= 15 is 0 Å². The number of nitrogens with one attached hydrogen (secondary N) is 1. The van der Waals surface area contributed by atoms with Crippen LogP contribution >= 0.6 is 11.6 Å². The Kier molecular flexibility index (Phi) is 3.51. The minimum absolute atomic E-state index is 0.213. The number of fused-ring (bicyclic) bond motifs is 2. The molecule has 2 nitrogen and oxygen atoms in total. The SMILES string of the molecule is CCO[C@@H]1C[C@H]2[C@H](Cl)[C@@H]1NC2(C(F)(F)F)C(F)(F)F. The second-order valence-corrected chi connectivity index (χ2v) is 5.26. The van der Waals surface area contributed by atoms with E-state index in [1.807, 2.05) is 0 Å². The van der Waals surface area contributed by atoms with Crippen LogP contribution in [-0.4, -0.2) is 42.0 Å². The van der Waals surface area contributed by atoms with Gasteiger partial charge in [-0.2, -0.15) is 26.3 Å². The summed E-state index contributed by atoms with van der Waals surface area (Å²) in [5.41, 5.74) is -3.93. The third kappa shape index (κ3) is 1.94. The van der Waals surface area contributed by atoms with E-state index in [-0.39, 0.29) is 13.0 Å². The molecule has 0 spiro atoms. The Bertz CT molecular complexity index is 343. The first kappa shape index (κ1) is 15.2. The smallest absolute Gasteiger partial charge is 0.377 e. The number of halogens is 7. The van der Waals surface area contributed by atoms with Crippen LogP contribution in [0, 0.1) is 5.92 Å². The van der Waals surface area contributed by atoms with Crippen molar-refractivity contribution >= 4 is 11.6 Å². The zero-order valence-corrected chi connectivity index (χ0v) is 10.5. The van der Waals surface area contributed by atoms with Crippen molar-refractivity contribution in [3.63, 3.8) is 0 Å². The predicted octanol–water partition coefficient (Wildman–Crippen LogP) is 2.85. The lowest BCUT2D eigenvalue weighted by molar-refractivity contribution is -0.321. The molecule has 1 aliphatic heterocycles. The Balaban J connectivity index is 2.37. The van der Waals surface area contributed by atoms with Crippen molar-refractivity contribution in [1.29, 1.82) is 0 Å². The molecule has 0 aromatic heterocycles. The van der Waals surface area contributed by atoms with E-state index in [1.54, 1.807) is 12.2 Å². The lowest BCUT2D eigenvalue weighted by atomic mass is 9.82. The maximum absolute atomic E-state index is 13.0. The van der Waals surface area contributed by atoms with Crippen LogP contribution in [0.2, 0.25) is 0 Å². The van der Waals surface area contributed by atoms with Crippen LogP contribution < -0.4 is 5.32 Å². The normalized spacial score (nSPS) is 37.9. The molecule has 1 heterocycles. The summed E-state index contributed by atoms with van der Waals surface area (Å²) < 4.78 is 83.0. The standard InChI is InChI=1S/C10H12ClF6NO/c1-2-19-5-3-4-6(11)7(5)18-8(4,9(12,13)14)10(15,16)17/h4-7,18H,2-3H2,1H3/t4-,5+,6-,7+/m0/s1. The average Bonchev–Trinajstić information content (AvgIpc) is 2.68. The number of hydrogen-bond acceptors (Lipinski definition) is 2. The minimum atomic E-state index is -5.45. The average molecular weight is 312 g/mol. The summed E-state index contributed by atoms with van der Waals surface area (Å²) in [7, 11) is 0. The predicted molar refractivity (Wildman–Crippen MR) is 54.9 cm³/mol. The van der Waals surface area contributed by atoms with Gasteiger partial charge in [-0.15, -0.1) is 11.6 Å². The highest BCUT2D eigenvalue weighted by Crippen LogP contribution is 2.58. The zero-order chi connectivity index (χ0) is 14.6. The summed E-state index contributed by atoms with van der Waals surface area (Å²) in [6, 6.07) is -1.14. The second-order valence-electron chi connectivity index (χ2n) is 4.75. The lowest BCUT2D eigenvalue weighted by Crippen LogP contribution is -2.70. The largest absolute Gasteiger partial charge is 0.415 e. The Morgan fingerprint density at radius 2 is 1.74 bits per heavy atom. The van der Waals surface area contributed by atoms with Gasteiger partial charge in [-0.1, -0.05) is 0 Å². The summed E-state index contributed by atoms with van der Waals surface area (Å²) in [6.07, 6.45) is -12.0. The van der Waals surface area contributed by atoms with Gasteiger partial charge in [-0.05, 0) is 13.3 Å². The van der Waals surface area contributed by atoms with Gasteiger partial charge in [0, 0.05) is 12.5 Å². The van der Waals surface area contributed by atoms with E-state index in [2.05, 4.69) is 0 Å². The summed E-state index contributed by atoms with van der Waals surface area (Å²) >= 11 is 5.76. The quantitative estimate of drug-likeness (QED) is 0.625. The Morgan fingerprint density at radius 3 is 2.05 bits per heavy atom. The molecule has 2 aliphatic rings. The van der Waals surface area contributed by atoms with Crippen LogP contribution in [0.3, 0.4) is 0 Å². The van der Waals surface area contributed by atoms with Crippen molar-refractivity contribution < 1.29 is 31.1 Å². The van der Waals surface area contributed by atoms with Crippen molar-refractivity contribution in [3.8, 4) is 0 Å². The molecule has 1 aliphatic carbocycles. The van der Waals surface area contributed by atoms with E-state index in [4.69, 9.17) is 16.3 Å². The lowest BCUT2D eigenvalue weighted by Gasteiger charge is -2.42. The minimum Gasteiger partial charge on any atom is -0.377 e. The topological polar surface area (TPSA) is 21.3 Å². The Morgan fingerprint density at radius 1 is 1.21 bits per heavy atom. The van der Waals surface area contributed by atoms with Gasteiger partial charge < -0.3 is 4.74 Å². The highest BCUT2D eigenvalue weighted by Gasteiger charge is 2.81. The number of piperidine rings is 1. The molecule has 0 aromatic rings. The van der Waals surface area contributed by atoms with Gasteiger partial charge in [0.25, 0.3) is 0 Å². The van der Waals surface area contributed by atoms with Crippen LogP contribution in [0.15, 0.2) is 0 Å². The number of rotatable bonds is 2. The number of alkyl halides is 7. The molecule has 2 rings (SSSR count). The van der Waals surface area contributed by atoms with Gasteiger partial charge in [0.2, 0.25) is 5.54 Å². The molecule has 0 amide bonds. The molecule has 4 atom stereocenters. The van der Waals surface area contributed by atoms with E-state index < -0.39 is 41.3 Å². The van der Waals surface area contributed by atoms with Gasteiger partial charge >= 0.3 is 12.4 Å². The molecule has 9 heteroatoms. The Hall–Kier alpha value is -0.210. The molecule has 0 radical (unpaired) electrons. The first-order chi connectivity index (χ1) is 8.56. The van der Waals surface area contributed by atoms with Gasteiger partial charge in [-0.3, -0.25) is 5.32 Å². The molecule has 2 fully saturated rings. The highest BCUT2D eigenvalue weighted by atomic mass is 35.5. The first-order valence-electron chi connectivity index (χ1n) is 5.73. The van der Waals surface area contributed by atoms with Gasteiger partial charge in [0.15, 0.2) is 0 Å². The van der Waals surface area contributed by atoms with Crippen LogP contribution in [-0.2, 0) is 4.74 Å². The molecule has 0 unspecified atom stereocenters. The van der Waals surface area contributed by atoms with E-state index in [0.29, 0.717) is 0 Å². The van der Waals surface area contributed by atoms with Crippen molar-refractivity contribution in [3.05, 3.63) is 0 Å². The van der Waals surface area contributed by atoms with Crippen molar-refractivity contribution in [2.45, 2.75) is 48.8 Å². The van der Waals surface area contributed by atoms with E-state index in [9.17, 15) is 26.3 Å². The second kappa shape index (κ2) is 4.39. The molecule has 1 saturated carbocycles. The number of ether oxygens (including phenoxy) is 1. The van der Waals surface area contributed by atoms with Crippen LogP contribution in [0.5, 0.6) is 0 Å². The molecular weight excluding hydrogens is 300 g/mol. The van der Waals surface area contributed by atoms with Crippen LogP contribution in [0.4, 0.5) is 26.3 Å². The van der Waals surface area contributed by atoms with Gasteiger partial charge in [0.05, 0.1) is 17.5 Å². The van der Waals surface area contributed by atoms with Crippen LogP contribution in [0.25, 0.3) is 0 Å². The van der Waals surface area contributed by atoms with Crippen molar-refractivity contribution in [2.24, 2.45) is 5.92 Å². The highest BCUT2D eigenvalue weighted by molar-refractivity contribution is 6.22. The molecular formula is C10H12ClF6NO. The number of hydrogen-bond donors (Lipinski definition) is 1. The molecule has 1 N–H and O–H groups in total. The van der Waals surface area contributed by atoms with E-state index in [0.717, 1.165) is 0 Å². The third-order valence-electron chi connectivity index (χ3n) is 3.84. The maximum atomic E-state index is 13.0. The van der Waals surface area contributed by atoms with Gasteiger partial charge in [0.1, 0.15) is 0 Å². The fourth-order valence-corrected chi connectivity index (χ4v) is 3.59. The zero-order valence-electron chi connectivity index (χ0n) is 9.78. The summed E-state index contributed by atoms with van der Waals surface area (Å²) in [5, 5.41) is 0.411. The molecule has 2 bridgehead atoms. The fraction of sp³-hybridized carbons (Fsp3) is 1.00. The third-order valence-corrected chi connectivity index (χ3v) is 4.42. The molecule has 0 aromatic carbocycles. The van der Waals surface area contributed by atoms with Crippen molar-refractivity contribution in [2.75, 3.05) is 6.61 Å². The summed E-state index contributed by atoms with van der Waals surface area (Å²) in [6.45, 7) is 1.83. The monoisotopic (exact) mass is 311 g/mol. The molecule has 19 heavy (non-hydrogen) atoms. The Labute approximate surface area is 110 Å².